The average Bonchev–Trinajstić information content (AvgIpc) is 2.75. The van der Waals surface area contributed by atoms with Crippen LogP contribution in [0.25, 0.3) is 0 Å². The van der Waals surface area contributed by atoms with E-state index < -0.39 is 17.9 Å². The molecule has 1 heterocycles. The van der Waals surface area contributed by atoms with Crippen LogP contribution < -0.4 is 0 Å². The Kier molecular flexibility index (Phi) is 2.23. The highest BCUT2D eigenvalue weighted by Gasteiger charge is 2.57. The summed E-state index contributed by atoms with van der Waals surface area (Å²) >= 11 is 0. The van der Waals surface area contributed by atoms with Crippen molar-refractivity contribution in [3.05, 3.63) is 30.1 Å². The number of alkyl halides is 2. The molecule has 1 N–H and O–H groups in total. The maximum atomic E-state index is 12.5. The zero-order valence-electron chi connectivity index (χ0n) is 7.53. The average molecular weight is 199 g/mol. The van der Waals surface area contributed by atoms with E-state index in [9.17, 15) is 13.9 Å². The van der Waals surface area contributed by atoms with Crippen LogP contribution in [0, 0.1) is 5.92 Å². The lowest BCUT2D eigenvalue weighted by molar-refractivity contribution is 0.0758. The van der Waals surface area contributed by atoms with Gasteiger partial charge in [0.25, 0.3) is 5.92 Å². The van der Waals surface area contributed by atoms with Gasteiger partial charge in [-0.1, -0.05) is 6.07 Å². The number of pyridine rings is 1. The summed E-state index contributed by atoms with van der Waals surface area (Å²) in [6, 6.07) is 5.10. The van der Waals surface area contributed by atoms with E-state index in [2.05, 4.69) is 4.98 Å². The van der Waals surface area contributed by atoms with Crippen LogP contribution in [0.1, 0.15) is 24.6 Å². The number of nitrogens with zero attached hydrogens (tertiary/aromatic N) is 1. The minimum absolute atomic E-state index is 0.100. The fourth-order valence-corrected chi connectivity index (χ4v) is 1.49. The number of rotatable bonds is 3. The molecule has 76 valence electrons. The van der Waals surface area contributed by atoms with Gasteiger partial charge in [-0.05, 0) is 18.6 Å². The normalized spacial score (nSPS) is 25.8. The molecule has 4 heteroatoms. The van der Waals surface area contributed by atoms with Gasteiger partial charge in [-0.2, -0.15) is 0 Å². The van der Waals surface area contributed by atoms with Crippen molar-refractivity contribution in [1.82, 2.24) is 4.98 Å². The van der Waals surface area contributed by atoms with Crippen molar-refractivity contribution in [2.45, 2.75) is 24.9 Å². The maximum Gasteiger partial charge on any atom is 0.251 e. The first-order valence-electron chi connectivity index (χ1n) is 4.56. The van der Waals surface area contributed by atoms with Crippen molar-refractivity contribution in [1.29, 1.82) is 0 Å². The van der Waals surface area contributed by atoms with Crippen molar-refractivity contribution in [2.75, 3.05) is 0 Å². The summed E-state index contributed by atoms with van der Waals surface area (Å²) in [5, 5.41) is 9.57. The highest BCUT2D eigenvalue weighted by Crippen LogP contribution is 2.52. The van der Waals surface area contributed by atoms with Gasteiger partial charge in [0.15, 0.2) is 0 Å². The first-order chi connectivity index (χ1) is 6.59. The summed E-state index contributed by atoms with van der Waals surface area (Å²) in [6.45, 7) is 0. The van der Waals surface area contributed by atoms with Gasteiger partial charge in [0.05, 0.1) is 11.8 Å². The maximum absolute atomic E-state index is 12.5. The molecule has 1 aliphatic rings. The largest absolute Gasteiger partial charge is 0.387 e. The van der Waals surface area contributed by atoms with E-state index in [1.165, 1.54) is 0 Å². The second kappa shape index (κ2) is 3.28. The van der Waals surface area contributed by atoms with Gasteiger partial charge < -0.3 is 5.11 Å². The molecule has 0 spiro atoms. The Balaban J connectivity index is 1.94. The molecule has 2 rings (SSSR count). The predicted octanol–water partition coefficient (Wildman–Crippen LogP) is 2.16. The van der Waals surface area contributed by atoms with Crippen LogP contribution in [-0.4, -0.2) is 16.0 Å². The molecule has 1 fully saturated rings. The molecule has 1 aliphatic carbocycles. The van der Waals surface area contributed by atoms with Gasteiger partial charge in [0.2, 0.25) is 0 Å². The second-order valence-electron chi connectivity index (χ2n) is 3.67. The lowest BCUT2D eigenvalue weighted by atomic mass is 10.1. The summed E-state index contributed by atoms with van der Waals surface area (Å²) in [6.07, 6.45) is 0.680. The van der Waals surface area contributed by atoms with E-state index in [1.807, 2.05) is 0 Å². The number of aliphatic hydroxyl groups excluding tert-OH is 1. The highest BCUT2D eigenvalue weighted by molar-refractivity contribution is 5.08. The standard InChI is InChI=1S/C10H11F2NO/c11-10(12)6-7(10)5-9(14)8-3-1-2-4-13-8/h1-4,7,9,14H,5-6H2. The van der Waals surface area contributed by atoms with Crippen LogP contribution in [0.15, 0.2) is 24.4 Å². The lowest BCUT2D eigenvalue weighted by Crippen LogP contribution is -2.04. The van der Waals surface area contributed by atoms with Crippen molar-refractivity contribution >= 4 is 0 Å². The molecule has 0 amide bonds. The monoisotopic (exact) mass is 199 g/mol. The third-order valence-electron chi connectivity index (χ3n) is 2.49. The van der Waals surface area contributed by atoms with E-state index in [1.54, 1.807) is 24.4 Å². The summed E-state index contributed by atoms with van der Waals surface area (Å²) in [7, 11) is 0. The number of hydrogen-bond acceptors (Lipinski definition) is 2. The molecule has 0 saturated heterocycles. The Bertz CT molecular complexity index is 315. The molecule has 1 saturated carbocycles. The topological polar surface area (TPSA) is 33.1 Å². The van der Waals surface area contributed by atoms with Crippen LogP contribution in [-0.2, 0) is 0 Å². The molecule has 1 aromatic rings. The van der Waals surface area contributed by atoms with Crippen molar-refractivity contribution < 1.29 is 13.9 Å². The Morgan fingerprint density at radius 1 is 1.57 bits per heavy atom. The molecule has 0 radical (unpaired) electrons. The number of aliphatic hydroxyl groups is 1. The van der Waals surface area contributed by atoms with Crippen molar-refractivity contribution in [2.24, 2.45) is 5.92 Å². The molecule has 0 aromatic carbocycles. The van der Waals surface area contributed by atoms with Gasteiger partial charge in [-0.15, -0.1) is 0 Å². The quantitative estimate of drug-likeness (QED) is 0.809. The van der Waals surface area contributed by atoms with Gasteiger partial charge in [0.1, 0.15) is 0 Å². The van der Waals surface area contributed by atoms with Gasteiger partial charge in [0, 0.05) is 18.5 Å². The number of halogens is 2. The third-order valence-corrected chi connectivity index (χ3v) is 2.49. The summed E-state index contributed by atoms with van der Waals surface area (Å²) in [5.41, 5.74) is 0.468. The predicted molar refractivity (Wildman–Crippen MR) is 46.9 cm³/mol. The van der Waals surface area contributed by atoms with Gasteiger partial charge in [-0.3, -0.25) is 4.98 Å². The zero-order valence-corrected chi connectivity index (χ0v) is 7.53. The van der Waals surface area contributed by atoms with E-state index >= 15 is 0 Å². The fourth-order valence-electron chi connectivity index (χ4n) is 1.49. The van der Waals surface area contributed by atoms with Gasteiger partial charge in [-0.25, -0.2) is 8.78 Å². The van der Waals surface area contributed by atoms with Gasteiger partial charge >= 0.3 is 0 Å². The first-order valence-corrected chi connectivity index (χ1v) is 4.56. The lowest BCUT2D eigenvalue weighted by Gasteiger charge is -2.08. The van der Waals surface area contributed by atoms with Crippen LogP contribution in [0.3, 0.4) is 0 Å². The molecular weight excluding hydrogens is 188 g/mol. The van der Waals surface area contributed by atoms with Crippen LogP contribution in [0.2, 0.25) is 0 Å². The molecule has 1 aromatic heterocycles. The fraction of sp³-hybridized carbons (Fsp3) is 0.500. The molecule has 0 aliphatic heterocycles. The molecule has 0 bridgehead atoms. The Morgan fingerprint density at radius 3 is 2.79 bits per heavy atom. The second-order valence-corrected chi connectivity index (χ2v) is 3.67. The van der Waals surface area contributed by atoms with E-state index in [-0.39, 0.29) is 12.8 Å². The third kappa shape index (κ3) is 1.90. The van der Waals surface area contributed by atoms with Crippen molar-refractivity contribution in [3.8, 4) is 0 Å². The summed E-state index contributed by atoms with van der Waals surface area (Å²) in [5.74, 6) is -3.23. The smallest absolute Gasteiger partial charge is 0.251 e. The first kappa shape index (κ1) is 9.52. The molecule has 14 heavy (non-hydrogen) atoms. The molecule has 2 atom stereocenters. The van der Waals surface area contributed by atoms with Crippen molar-refractivity contribution in [3.63, 3.8) is 0 Å². The highest BCUT2D eigenvalue weighted by atomic mass is 19.3. The summed E-state index contributed by atoms with van der Waals surface area (Å²) < 4.78 is 25.1. The minimum Gasteiger partial charge on any atom is -0.387 e. The number of aromatic nitrogens is 1. The Morgan fingerprint density at radius 2 is 2.29 bits per heavy atom. The minimum atomic E-state index is -2.56. The SMILES string of the molecule is OC(CC1CC1(F)F)c1ccccn1. The van der Waals surface area contributed by atoms with Crippen LogP contribution >= 0.6 is 0 Å². The van der Waals surface area contributed by atoms with E-state index in [0.29, 0.717) is 5.69 Å². The van der Waals surface area contributed by atoms with E-state index in [0.717, 1.165) is 0 Å². The zero-order chi connectivity index (χ0) is 10.2. The Labute approximate surface area is 80.6 Å². The summed E-state index contributed by atoms with van der Waals surface area (Å²) in [4.78, 5) is 3.91. The van der Waals surface area contributed by atoms with E-state index in [4.69, 9.17) is 0 Å². The molecule has 2 nitrogen and oxygen atoms in total. The molecule has 2 unspecified atom stereocenters. The van der Waals surface area contributed by atoms with Crippen LogP contribution in [0.5, 0.6) is 0 Å². The molecular formula is C10H11F2NO. The Hall–Kier alpha value is -1.03. The number of hydrogen-bond donors (Lipinski definition) is 1. The van der Waals surface area contributed by atoms with Crippen LogP contribution in [0.4, 0.5) is 8.78 Å².